The minimum absolute atomic E-state index is 0.0416. The van der Waals surface area contributed by atoms with E-state index in [9.17, 15) is 14.9 Å². The maximum absolute atomic E-state index is 12.1. The molecule has 2 N–H and O–H groups in total. The molecule has 0 saturated carbocycles. The number of rotatable bonds is 4. The molecule has 21 heavy (non-hydrogen) atoms. The zero-order chi connectivity index (χ0) is 15.4. The van der Waals surface area contributed by atoms with Crippen molar-refractivity contribution in [2.75, 3.05) is 25.0 Å². The summed E-state index contributed by atoms with van der Waals surface area (Å²) in [6.45, 7) is 6.09. The van der Waals surface area contributed by atoms with Crippen molar-refractivity contribution in [3.63, 3.8) is 0 Å². The second-order valence-electron chi connectivity index (χ2n) is 5.75. The molecule has 1 saturated heterocycles. The minimum Gasteiger partial charge on any atom is -0.327 e. The average Bonchev–Trinajstić information content (AvgIpc) is 2.43. The SMILES string of the molecule is Cc1cc(NC(=O)C[NH+]2CCCCC2)c([N+](=O)[O-])cc1C. The van der Waals surface area contributed by atoms with Gasteiger partial charge in [0, 0.05) is 6.07 Å². The number of piperidine rings is 1. The molecule has 6 nitrogen and oxygen atoms in total. The van der Waals surface area contributed by atoms with Gasteiger partial charge in [-0.2, -0.15) is 0 Å². The smallest absolute Gasteiger partial charge is 0.293 e. The zero-order valence-electron chi connectivity index (χ0n) is 12.6. The van der Waals surface area contributed by atoms with E-state index in [0.29, 0.717) is 12.2 Å². The highest BCUT2D eigenvalue weighted by atomic mass is 16.6. The molecule has 1 aromatic carbocycles. The summed E-state index contributed by atoms with van der Waals surface area (Å²) in [5.41, 5.74) is 2.03. The first-order valence-corrected chi connectivity index (χ1v) is 7.36. The number of nitro benzene ring substituents is 1. The molecule has 1 aliphatic heterocycles. The van der Waals surface area contributed by atoms with Crippen molar-refractivity contribution in [1.29, 1.82) is 0 Å². The zero-order valence-corrected chi connectivity index (χ0v) is 12.6. The predicted octanol–water partition coefficient (Wildman–Crippen LogP) is 1.22. The van der Waals surface area contributed by atoms with Gasteiger partial charge in [-0.15, -0.1) is 0 Å². The summed E-state index contributed by atoms with van der Waals surface area (Å²) in [7, 11) is 0. The lowest BCUT2D eigenvalue weighted by atomic mass is 10.1. The number of quaternary nitrogens is 1. The summed E-state index contributed by atoms with van der Waals surface area (Å²) in [4.78, 5) is 24.0. The number of hydrogen-bond donors (Lipinski definition) is 2. The molecule has 2 rings (SSSR count). The topological polar surface area (TPSA) is 76.7 Å². The number of likely N-dealkylation sites (tertiary alicyclic amines) is 1. The monoisotopic (exact) mass is 292 g/mol. The highest BCUT2D eigenvalue weighted by Gasteiger charge is 2.21. The quantitative estimate of drug-likeness (QED) is 0.647. The minimum atomic E-state index is -0.449. The van der Waals surface area contributed by atoms with Crippen molar-refractivity contribution in [2.45, 2.75) is 33.1 Å². The molecule has 0 radical (unpaired) electrons. The van der Waals surface area contributed by atoms with Crippen LogP contribution in [0.5, 0.6) is 0 Å². The lowest BCUT2D eigenvalue weighted by Crippen LogP contribution is -3.13. The first kappa shape index (κ1) is 15.4. The molecule has 0 unspecified atom stereocenters. The second-order valence-corrected chi connectivity index (χ2v) is 5.75. The summed E-state index contributed by atoms with van der Waals surface area (Å²) in [6, 6.07) is 3.19. The van der Waals surface area contributed by atoms with Crippen LogP contribution in [0.15, 0.2) is 12.1 Å². The Kier molecular flexibility index (Phi) is 4.90. The third-order valence-electron chi connectivity index (χ3n) is 4.05. The molecule has 0 spiro atoms. The lowest BCUT2D eigenvalue weighted by molar-refractivity contribution is -0.896. The van der Waals surface area contributed by atoms with E-state index in [4.69, 9.17) is 0 Å². The number of anilines is 1. The summed E-state index contributed by atoms with van der Waals surface area (Å²) in [5.74, 6) is -0.154. The first-order valence-electron chi connectivity index (χ1n) is 7.36. The van der Waals surface area contributed by atoms with Crippen LogP contribution in [0, 0.1) is 24.0 Å². The molecular formula is C15H22N3O3+. The van der Waals surface area contributed by atoms with Crippen molar-refractivity contribution in [3.8, 4) is 0 Å². The molecule has 0 atom stereocenters. The third kappa shape index (κ3) is 4.01. The van der Waals surface area contributed by atoms with E-state index in [0.717, 1.165) is 37.1 Å². The fourth-order valence-corrected chi connectivity index (χ4v) is 2.70. The number of benzene rings is 1. The van der Waals surface area contributed by atoms with Gasteiger partial charge in [-0.05, 0) is 50.3 Å². The Morgan fingerprint density at radius 1 is 1.24 bits per heavy atom. The van der Waals surface area contributed by atoms with Crippen LogP contribution in [-0.4, -0.2) is 30.5 Å². The lowest BCUT2D eigenvalue weighted by Gasteiger charge is -2.22. The number of carbonyl (C=O) groups is 1. The fraction of sp³-hybridized carbons (Fsp3) is 0.533. The van der Waals surface area contributed by atoms with E-state index in [1.165, 1.54) is 17.4 Å². The highest BCUT2D eigenvalue weighted by Crippen LogP contribution is 2.27. The van der Waals surface area contributed by atoms with Gasteiger partial charge < -0.3 is 10.2 Å². The van der Waals surface area contributed by atoms with Gasteiger partial charge in [0.05, 0.1) is 18.0 Å². The van der Waals surface area contributed by atoms with E-state index in [-0.39, 0.29) is 11.6 Å². The highest BCUT2D eigenvalue weighted by molar-refractivity contribution is 5.94. The second kappa shape index (κ2) is 6.67. The number of nitrogens with zero attached hydrogens (tertiary/aromatic N) is 1. The fourth-order valence-electron chi connectivity index (χ4n) is 2.70. The Morgan fingerprint density at radius 3 is 2.48 bits per heavy atom. The average molecular weight is 292 g/mol. The Hall–Kier alpha value is -1.95. The van der Waals surface area contributed by atoms with Gasteiger partial charge in [0.15, 0.2) is 6.54 Å². The maximum Gasteiger partial charge on any atom is 0.293 e. The molecule has 0 bridgehead atoms. The first-order chi connectivity index (χ1) is 9.97. The van der Waals surface area contributed by atoms with E-state index in [1.807, 2.05) is 13.8 Å². The normalized spacial score (nSPS) is 15.7. The largest absolute Gasteiger partial charge is 0.327 e. The number of aryl methyl sites for hydroxylation is 2. The Labute approximate surface area is 124 Å². The van der Waals surface area contributed by atoms with Gasteiger partial charge in [0.1, 0.15) is 5.69 Å². The number of carbonyl (C=O) groups excluding carboxylic acids is 1. The Balaban J connectivity index is 2.09. The van der Waals surface area contributed by atoms with E-state index < -0.39 is 4.92 Å². The van der Waals surface area contributed by atoms with Gasteiger partial charge in [0.25, 0.3) is 11.6 Å². The Morgan fingerprint density at radius 2 is 1.86 bits per heavy atom. The van der Waals surface area contributed by atoms with Crippen LogP contribution in [0.2, 0.25) is 0 Å². The summed E-state index contributed by atoms with van der Waals surface area (Å²) < 4.78 is 0. The summed E-state index contributed by atoms with van der Waals surface area (Å²) in [6.07, 6.45) is 3.52. The summed E-state index contributed by atoms with van der Waals surface area (Å²) in [5, 5.41) is 13.8. The molecule has 1 heterocycles. The third-order valence-corrected chi connectivity index (χ3v) is 4.05. The number of nitro groups is 1. The maximum atomic E-state index is 12.1. The predicted molar refractivity (Wildman–Crippen MR) is 80.6 cm³/mol. The van der Waals surface area contributed by atoms with Crippen LogP contribution < -0.4 is 10.2 Å². The molecule has 6 heteroatoms. The Bertz CT molecular complexity index is 551. The molecule has 0 aromatic heterocycles. The van der Waals surface area contributed by atoms with Crippen molar-refractivity contribution in [2.24, 2.45) is 0 Å². The van der Waals surface area contributed by atoms with E-state index in [1.54, 1.807) is 6.07 Å². The molecule has 1 fully saturated rings. The van der Waals surface area contributed by atoms with Gasteiger partial charge in [-0.25, -0.2) is 0 Å². The van der Waals surface area contributed by atoms with E-state index in [2.05, 4.69) is 5.32 Å². The molecule has 1 amide bonds. The van der Waals surface area contributed by atoms with Crippen LogP contribution in [0.25, 0.3) is 0 Å². The molecule has 1 aromatic rings. The van der Waals surface area contributed by atoms with Crippen LogP contribution in [0.4, 0.5) is 11.4 Å². The van der Waals surface area contributed by atoms with E-state index >= 15 is 0 Å². The van der Waals surface area contributed by atoms with Crippen LogP contribution in [-0.2, 0) is 4.79 Å². The molecule has 0 aliphatic carbocycles. The standard InChI is InChI=1S/C15H21N3O3/c1-11-8-13(14(18(20)21)9-12(11)2)16-15(19)10-17-6-4-3-5-7-17/h8-9H,3-7,10H2,1-2H3,(H,16,19)/p+1. The molecule has 114 valence electrons. The van der Waals surface area contributed by atoms with Crippen LogP contribution >= 0.6 is 0 Å². The van der Waals surface area contributed by atoms with Crippen molar-refractivity contribution in [1.82, 2.24) is 0 Å². The molecule has 1 aliphatic rings. The van der Waals surface area contributed by atoms with Gasteiger partial charge in [-0.3, -0.25) is 14.9 Å². The van der Waals surface area contributed by atoms with Crippen LogP contribution in [0.3, 0.4) is 0 Å². The number of nitrogens with one attached hydrogen (secondary N) is 2. The summed E-state index contributed by atoms with van der Waals surface area (Å²) >= 11 is 0. The van der Waals surface area contributed by atoms with Crippen molar-refractivity contribution < 1.29 is 14.6 Å². The van der Waals surface area contributed by atoms with Crippen LogP contribution in [0.1, 0.15) is 30.4 Å². The number of hydrogen-bond acceptors (Lipinski definition) is 3. The van der Waals surface area contributed by atoms with Gasteiger partial charge >= 0.3 is 0 Å². The number of amides is 1. The van der Waals surface area contributed by atoms with Gasteiger partial charge in [-0.1, -0.05) is 0 Å². The van der Waals surface area contributed by atoms with Crippen molar-refractivity contribution in [3.05, 3.63) is 33.4 Å². The molecular weight excluding hydrogens is 270 g/mol. The van der Waals surface area contributed by atoms with Gasteiger partial charge in [0.2, 0.25) is 0 Å². The van der Waals surface area contributed by atoms with Crippen molar-refractivity contribution >= 4 is 17.3 Å².